The van der Waals surface area contributed by atoms with Crippen LogP contribution in [0.2, 0.25) is 0 Å². The Morgan fingerprint density at radius 2 is 1.94 bits per heavy atom. The van der Waals surface area contributed by atoms with Crippen LogP contribution in [0.3, 0.4) is 0 Å². The Hall–Kier alpha value is -1.06. The molecule has 0 aromatic heterocycles. The lowest BCUT2D eigenvalue weighted by Crippen LogP contribution is -2.29. The van der Waals surface area contributed by atoms with Crippen molar-refractivity contribution in [1.29, 1.82) is 0 Å². The summed E-state index contributed by atoms with van der Waals surface area (Å²) >= 11 is 0. The minimum absolute atomic E-state index is 0.198. The zero-order valence-electron chi connectivity index (χ0n) is 11.1. The third-order valence-corrected chi connectivity index (χ3v) is 3.57. The summed E-state index contributed by atoms with van der Waals surface area (Å²) in [6.07, 6.45) is 4.27. The molecule has 3 atom stereocenters. The summed E-state index contributed by atoms with van der Waals surface area (Å²) in [5.74, 6) is 0.800. The average molecular weight is 250 g/mol. The van der Waals surface area contributed by atoms with Crippen molar-refractivity contribution in [2.75, 3.05) is 7.11 Å². The SMILES string of the molecule is COC1CCCC(Oc2ccccc2[C@@H](C)O)C1. The molecule has 0 aliphatic heterocycles. The molecule has 0 radical (unpaired) electrons. The number of hydrogen-bond donors (Lipinski definition) is 1. The molecule has 0 saturated heterocycles. The maximum Gasteiger partial charge on any atom is 0.125 e. The van der Waals surface area contributed by atoms with E-state index in [0.29, 0.717) is 6.10 Å². The van der Waals surface area contributed by atoms with Gasteiger partial charge in [-0.15, -0.1) is 0 Å². The predicted molar refractivity (Wildman–Crippen MR) is 70.8 cm³/mol. The predicted octanol–water partition coefficient (Wildman–Crippen LogP) is 3.08. The van der Waals surface area contributed by atoms with Crippen molar-refractivity contribution >= 4 is 0 Å². The van der Waals surface area contributed by atoms with Crippen molar-refractivity contribution in [3.63, 3.8) is 0 Å². The highest BCUT2D eigenvalue weighted by Crippen LogP contribution is 2.29. The summed E-state index contributed by atoms with van der Waals surface area (Å²) in [5.41, 5.74) is 0.858. The highest BCUT2D eigenvalue weighted by Gasteiger charge is 2.24. The van der Waals surface area contributed by atoms with Gasteiger partial charge in [0.05, 0.1) is 12.2 Å². The number of benzene rings is 1. The second kappa shape index (κ2) is 6.21. The third-order valence-electron chi connectivity index (χ3n) is 3.57. The fourth-order valence-corrected chi connectivity index (χ4v) is 2.54. The van der Waals surface area contributed by atoms with Gasteiger partial charge >= 0.3 is 0 Å². The number of aliphatic hydroxyl groups is 1. The summed E-state index contributed by atoms with van der Waals surface area (Å²) in [4.78, 5) is 0. The van der Waals surface area contributed by atoms with Gasteiger partial charge in [0.1, 0.15) is 11.9 Å². The smallest absolute Gasteiger partial charge is 0.125 e. The Balaban J connectivity index is 2.04. The largest absolute Gasteiger partial charge is 0.490 e. The van der Waals surface area contributed by atoms with Gasteiger partial charge in [-0.3, -0.25) is 0 Å². The van der Waals surface area contributed by atoms with Crippen molar-refractivity contribution in [3.05, 3.63) is 29.8 Å². The summed E-state index contributed by atoms with van der Waals surface area (Å²) in [5, 5.41) is 9.73. The number of rotatable bonds is 4. The number of hydrogen-bond acceptors (Lipinski definition) is 3. The molecule has 2 rings (SSSR count). The number of para-hydroxylation sites is 1. The van der Waals surface area contributed by atoms with Gasteiger partial charge in [-0.05, 0) is 32.3 Å². The monoisotopic (exact) mass is 250 g/mol. The lowest BCUT2D eigenvalue weighted by molar-refractivity contribution is 0.0199. The van der Waals surface area contributed by atoms with Crippen molar-refractivity contribution in [1.82, 2.24) is 0 Å². The second-order valence-corrected chi connectivity index (χ2v) is 4.98. The van der Waals surface area contributed by atoms with Crippen molar-refractivity contribution in [2.45, 2.75) is 50.9 Å². The summed E-state index contributed by atoms with van der Waals surface area (Å²) < 4.78 is 11.4. The third kappa shape index (κ3) is 3.24. The van der Waals surface area contributed by atoms with Crippen LogP contribution in [0.25, 0.3) is 0 Å². The number of aliphatic hydroxyl groups excluding tert-OH is 1. The normalized spacial score (nSPS) is 25.7. The van der Waals surface area contributed by atoms with E-state index in [0.717, 1.165) is 37.0 Å². The Bertz CT molecular complexity index is 376. The first kappa shape index (κ1) is 13.4. The molecule has 1 aliphatic carbocycles. The van der Waals surface area contributed by atoms with E-state index in [2.05, 4.69) is 0 Å². The van der Waals surface area contributed by atoms with Crippen molar-refractivity contribution in [2.24, 2.45) is 0 Å². The lowest BCUT2D eigenvalue weighted by Gasteiger charge is -2.29. The molecular weight excluding hydrogens is 228 g/mol. The molecule has 1 saturated carbocycles. The van der Waals surface area contributed by atoms with Gasteiger partial charge in [-0.1, -0.05) is 18.2 Å². The number of methoxy groups -OCH3 is 1. The van der Waals surface area contributed by atoms with E-state index in [1.807, 2.05) is 24.3 Å². The van der Waals surface area contributed by atoms with Crippen LogP contribution < -0.4 is 4.74 Å². The molecule has 1 aromatic rings. The Labute approximate surface area is 109 Å². The second-order valence-electron chi connectivity index (χ2n) is 4.98. The molecule has 1 N–H and O–H groups in total. The summed E-state index contributed by atoms with van der Waals surface area (Å²) in [7, 11) is 1.76. The topological polar surface area (TPSA) is 38.7 Å². The summed E-state index contributed by atoms with van der Waals surface area (Å²) in [6, 6.07) is 7.71. The molecule has 0 amide bonds. The van der Waals surface area contributed by atoms with E-state index in [9.17, 15) is 5.11 Å². The van der Waals surface area contributed by atoms with E-state index >= 15 is 0 Å². The van der Waals surface area contributed by atoms with Crippen molar-refractivity contribution in [3.8, 4) is 5.75 Å². The van der Waals surface area contributed by atoms with Crippen LogP contribution >= 0.6 is 0 Å². The van der Waals surface area contributed by atoms with E-state index in [1.165, 1.54) is 0 Å². The van der Waals surface area contributed by atoms with E-state index in [-0.39, 0.29) is 6.10 Å². The van der Waals surface area contributed by atoms with Crippen LogP contribution in [0.15, 0.2) is 24.3 Å². The standard InChI is InChI=1S/C15H22O3/c1-11(16)14-8-3-4-9-15(14)18-13-7-5-6-12(10-13)17-2/h3-4,8-9,11-13,16H,5-7,10H2,1-2H3/t11-,12?,13?/m1/s1. The maximum atomic E-state index is 9.73. The van der Waals surface area contributed by atoms with Gasteiger partial charge in [0.25, 0.3) is 0 Å². The van der Waals surface area contributed by atoms with Gasteiger partial charge in [0, 0.05) is 19.1 Å². The van der Waals surface area contributed by atoms with Crippen LogP contribution in [-0.2, 0) is 4.74 Å². The first-order valence-electron chi connectivity index (χ1n) is 6.67. The van der Waals surface area contributed by atoms with Gasteiger partial charge in [0.15, 0.2) is 0 Å². The van der Waals surface area contributed by atoms with Gasteiger partial charge in [-0.25, -0.2) is 0 Å². The maximum absolute atomic E-state index is 9.73. The van der Waals surface area contributed by atoms with Crippen LogP contribution in [0.4, 0.5) is 0 Å². The molecule has 1 aliphatic rings. The highest BCUT2D eigenvalue weighted by molar-refractivity contribution is 5.34. The molecule has 0 bridgehead atoms. The molecule has 0 spiro atoms. The van der Waals surface area contributed by atoms with Gasteiger partial charge in [-0.2, -0.15) is 0 Å². The minimum atomic E-state index is -0.497. The van der Waals surface area contributed by atoms with E-state index < -0.39 is 6.10 Å². The molecule has 18 heavy (non-hydrogen) atoms. The van der Waals surface area contributed by atoms with Gasteiger partial charge < -0.3 is 14.6 Å². The fraction of sp³-hybridized carbons (Fsp3) is 0.600. The fourth-order valence-electron chi connectivity index (χ4n) is 2.54. The summed E-state index contributed by atoms with van der Waals surface area (Å²) in [6.45, 7) is 1.76. The van der Waals surface area contributed by atoms with Crippen LogP contribution in [-0.4, -0.2) is 24.4 Å². The Kier molecular flexibility index (Phi) is 4.61. The van der Waals surface area contributed by atoms with Crippen LogP contribution in [0.5, 0.6) is 5.75 Å². The quantitative estimate of drug-likeness (QED) is 0.892. The van der Waals surface area contributed by atoms with E-state index in [1.54, 1.807) is 14.0 Å². The molecule has 1 aromatic carbocycles. The van der Waals surface area contributed by atoms with Crippen LogP contribution in [0.1, 0.15) is 44.3 Å². The molecular formula is C15H22O3. The number of ether oxygens (including phenoxy) is 2. The Morgan fingerprint density at radius 1 is 1.22 bits per heavy atom. The molecule has 2 unspecified atom stereocenters. The molecule has 1 fully saturated rings. The Morgan fingerprint density at radius 3 is 2.67 bits per heavy atom. The van der Waals surface area contributed by atoms with Crippen molar-refractivity contribution < 1.29 is 14.6 Å². The molecule has 100 valence electrons. The molecule has 0 heterocycles. The lowest BCUT2D eigenvalue weighted by atomic mass is 9.94. The molecule has 3 nitrogen and oxygen atoms in total. The first-order valence-corrected chi connectivity index (χ1v) is 6.67. The van der Waals surface area contributed by atoms with Crippen LogP contribution in [0, 0.1) is 0 Å². The zero-order valence-corrected chi connectivity index (χ0v) is 11.1. The first-order chi connectivity index (χ1) is 8.70. The highest BCUT2D eigenvalue weighted by atomic mass is 16.5. The minimum Gasteiger partial charge on any atom is -0.490 e. The molecule has 3 heteroatoms. The van der Waals surface area contributed by atoms with E-state index in [4.69, 9.17) is 9.47 Å². The zero-order chi connectivity index (χ0) is 13.0. The van der Waals surface area contributed by atoms with Gasteiger partial charge in [0.2, 0.25) is 0 Å². The average Bonchev–Trinajstić information content (AvgIpc) is 2.39.